The summed E-state index contributed by atoms with van der Waals surface area (Å²) in [5, 5.41) is 10.3. The Balaban J connectivity index is 2.20. The molecule has 1 aromatic carbocycles. The van der Waals surface area contributed by atoms with Gasteiger partial charge in [-0.2, -0.15) is 0 Å². The molecule has 1 fully saturated rings. The highest BCUT2D eigenvalue weighted by Gasteiger charge is 2.28. The lowest BCUT2D eigenvalue weighted by Gasteiger charge is -2.37. The molecule has 0 spiro atoms. The van der Waals surface area contributed by atoms with Crippen LogP contribution in [-0.2, 0) is 4.74 Å². The van der Waals surface area contributed by atoms with Crippen LogP contribution in [0.5, 0.6) is 17.2 Å². The second kappa shape index (κ2) is 12.3. The van der Waals surface area contributed by atoms with E-state index in [1.165, 1.54) is 21.3 Å². The number of benzene rings is 1. The average Bonchev–Trinajstić information content (AvgIpc) is 2.76. The molecule has 2 atom stereocenters. The van der Waals surface area contributed by atoms with Crippen LogP contribution < -0.4 is 14.2 Å². The van der Waals surface area contributed by atoms with Gasteiger partial charge in [0, 0.05) is 38.3 Å². The zero-order chi connectivity index (χ0) is 23.8. The molecule has 0 radical (unpaired) electrons. The van der Waals surface area contributed by atoms with E-state index in [9.17, 15) is 9.90 Å². The van der Waals surface area contributed by atoms with Crippen molar-refractivity contribution in [2.24, 2.45) is 11.8 Å². The zero-order valence-corrected chi connectivity index (χ0v) is 20.6. The van der Waals surface area contributed by atoms with Gasteiger partial charge in [0.15, 0.2) is 11.5 Å². The van der Waals surface area contributed by atoms with Crippen molar-refractivity contribution in [1.82, 2.24) is 9.80 Å². The molecule has 1 aliphatic heterocycles. The largest absolute Gasteiger partial charge is 0.493 e. The fraction of sp³-hybridized carbons (Fsp3) is 0.708. The van der Waals surface area contributed by atoms with Crippen molar-refractivity contribution < 1.29 is 28.8 Å². The summed E-state index contributed by atoms with van der Waals surface area (Å²) < 4.78 is 22.2. The van der Waals surface area contributed by atoms with Crippen molar-refractivity contribution in [3.8, 4) is 17.2 Å². The average molecular weight is 453 g/mol. The molecule has 182 valence electrons. The van der Waals surface area contributed by atoms with E-state index in [1.807, 2.05) is 18.7 Å². The predicted octanol–water partition coefficient (Wildman–Crippen LogP) is 2.53. The number of hydrogen-bond donors (Lipinski definition) is 1. The molecule has 1 heterocycles. The molecule has 8 heteroatoms. The third-order valence-electron chi connectivity index (χ3n) is 5.65. The highest BCUT2D eigenvalue weighted by molar-refractivity contribution is 5.95. The van der Waals surface area contributed by atoms with Crippen LogP contribution in [0.1, 0.15) is 38.1 Å². The number of carbonyl (C=O) groups excluding carboxylic acids is 1. The van der Waals surface area contributed by atoms with E-state index in [4.69, 9.17) is 18.9 Å². The smallest absolute Gasteiger partial charge is 0.254 e. The zero-order valence-electron chi connectivity index (χ0n) is 20.6. The SMILES string of the molecule is COc1cc(C(=O)N(CC(C)C)CC2CN(CC(O)C(C)C)CCO2)cc(OC)c1OC. The number of amides is 1. The van der Waals surface area contributed by atoms with Crippen LogP contribution in [0, 0.1) is 11.8 Å². The summed E-state index contributed by atoms with van der Waals surface area (Å²) in [6.07, 6.45) is -0.491. The summed E-state index contributed by atoms with van der Waals surface area (Å²) in [7, 11) is 4.61. The predicted molar refractivity (Wildman–Crippen MR) is 124 cm³/mol. The van der Waals surface area contributed by atoms with Gasteiger partial charge in [0.2, 0.25) is 5.75 Å². The Hall–Kier alpha value is -2.03. The van der Waals surface area contributed by atoms with Crippen LogP contribution in [0.2, 0.25) is 0 Å². The molecule has 1 aliphatic rings. The van der Waals surface area contributed by atoms with Crippen LogP contribution in [0.15, 0.2) is 12.1 Å². The Morgan fingerprint density at radius 1 is 1.16 bits per heavy atom. The van der Waals surface area contributed by atoms with Gasteiger partial charge in [-0.3, -0.25) is 9.69 Å². The number of carbonyl (C=O) groups is 1. The third-order valence-corrected chi connectivity index (χ3v) is 5.65. The molecule has 1 saturated heterocycles. The Bertz CT molecular complexity index is 714. The molecular formula is C24H40N2O6. The number of morpholine rings is 1. The molecule has 32 heavy (non-hydrogen) atoms. The molecule has 2 rings (SSSR count). The first kappa shape index (κ1) is 26.2. The third kappa shape index (κ3) is 6.98. The van der Waals surface area contributed by atoms with Gasteiger partial charge in [0.1, 0.15) is 0 Å². The van der Waals surface area contributed by atoms with Gasteiger partial charge in [0.05, 0.1) is 40.1 Å². The van der Waals surface area contributed by atoms with Crippen LogP contribution in [-0.4, -0.2) is 93.7 Å². The molecule has 0 saturated carbocycles. The van der Waals surface area contributed by atoms with E-state index in [0.29, 0.717) is 61.5 Å². The van der Waals surface area contributed by atoms with E-state index in [0.717, 1.165) is 6.54 Å². The van der Waals surface area contributed by atoms with Crippen LogP contribution >= 0.6 is 0 Å². The number of aliphatic hydroxyl groups excluding tert-OH is 1. The van der Waals surface area contributed by atoms with E-state index in [1.54, 1.807) is 12.1 Å². The first-order valence-corrected chi connectivity index (χ1v) is 11.3. The van der Waals surface area contributed by atoms with Crippen molar-refractivity contribution in [1.29, 1.82) is 0 Å². The minimum Gasteiger partial charge on any atom is -0.493 e. The molecule has 1 N–H and O–H groups in total. The monoisotopic (exact) mass is 452 g/mol. The highest BCUT2D eigenvalue weighted by Crippen LogP contribution is 2.38. The minimum atomic E-state index is -0.374. The summed E-state index contributed by atoms with van der Waals surface area (Å²) in [6.45, 7) is 11.9. The summed E-state index contributed by atoms with van der Waals surface area (Å²) in [5.74, 6) is 1.74. The molecule has 1 aromatic rings. The molecule has 8 nitrogen and oxygen atoms in total. The summed E-state index contributed by atoms with van der Waals surface area (Å²) in [6, 6.07) is 3.37. The van der Waals surface area contributed by atoms with E-state index in [2.05, 4.69) is 18.7 Å². The van der Waals surface area contributed by atoms with Crippen LogP contribution in [0.25, 0.3) is 0 Å². The van der Waals surface area contributed by atoms with Gasteiger partial charge in [-0.1, -0.05) is 27.7 Å². The van der Waals surface area contributed by atoms with Gasteiger partial charge in [-0.05, 0) is 24.0 Å². The van der Waals surface area contributed by atoms with Gasteiger partial charge >= 0.3 is 0 Å². The maximum Gasteiger partial charge on any atom is 0.254 e. The van der Waals surface area contributed by atoms with Gasteiger partial charge in [-0.25, -0.2) is 0 Å². The molecule has 0 aliphatic carbocycles. The maximum atomic E-state index is 13.5. The summed E-state index contributed by atoms with van der Waals surface area (Å²) in [4.78, 5) is 17.6. The Kier molecular flexibility index (Phi) is 10.1. The number of aliphatic hydroxyl groups is 1. The Morgan fingerprint density at radius 3 is 2.28 bits per heavy atom. The molecule has 1 amide bonds. The van der Waals surface area contributed by atoms with E-state index >= 15 is 0 Å². The topological polar surface area (TPSA) is 80.7 Å². The normalized spacial score (nSPS) is 18.0. The lowest BCUT2D eigenvalue weighted by Crippen LogP contribution is -2.51. The van der Waals surface area contributed by atoms with Crippen molar-refractivity contribution in [3.63, 3.8) is 0 Å². The quantitative estimate of drug-likeness (QED) is 0.553. The number of rotatable bonds is 11. The fourth-order valence-corrected chi connectivity index (χ4v) is 3.85. The number of methoxy groups -OCH3 is 3. The number of β-amino-alcohol motifs (C(OH)–C–C–N with tert-alkyl or cyclic N) is 1. The Morgan fingerprint density at radius 2 is 1.78 bits per heavy atom. The minimum absolute atomic E-state index is 0.110. The van der Waals surface area contributed by atoms with Crippen molar-refractivity contribution in [2.45, 2.75) is 39.9 Å². The van der Waals surface area contributed by atoms with Gasteiger partial charge in [0.25, 0.3) is 5.91 Å². The Labute approximate surface area is 192 Å². The van der Waals surface area contributed by atoms with Crippen molar-refractivity contribution >= 4 is 5.91 Å². The molecular weight excluding hydrogens is 412 g/mol. The fourth-order valence-electron chi connectivity index (χ4n) is 3.85. The van der Waals surface area contributed by atoms with E-state index < -0.39 is 0 Å². The highest BCUT2D eigenvalue weighted by atomic mass is 16.5. The van der Waals surface area contributed by atoms with Crippen LogP contribution in [0.3, 0.4) is 0 Å². The second-order valence-electron chi connectivity index (χ2n) is 9.08. The standard InChI is InChI=1S/C24H40N2O6/c1-16(2)12-26(14-19-13-25(8-9-32-19)15-20(27)17(3)4)24(28)18-10-21(29-5)23(31-7)22(11-18)30-6/h10-11,16-17,19-20,27H,8-9,12-15H2,1-7H3. The molecule has 2 unspecified atom stereocenters. The van der Waals surface area contributed by atoms with E-state index in [-0.39, 0.29) is 24.0 Å². The first-order valence-electron chi connectivity index (χ1n) is 11.3. The lowest BCUT2D eigenvalue weighted by atomic mass is 10.1. The van der Waals surface area contributed by atoms with Gasteiger partial charge < -0.3 is 29.0 Å². The van der Waals surface area contributed by atoms with Crippen molar-refractivity contribution in [3.05, 3.63) is 17.7 Å². The van der Waals surface area contributed by atoms with Crippen LogP contribution in [0.4, 0.5) is 0 Å². The summed E-state index contributed by atoms with van der Waals surface area (Å²) >= 11 is 0. The van der Waals surface area contributed by atoms with Gasteiger partial charge in [-0.15, -0.1) is 0 Å². The summed E-state index contributed by atoms with van der Waals surface area (Å²) in [5.41, 5.74) is 0.475. The second-order valence-corrected chi connectivity index (χ2v) is 9.08. The first-order chi connectivity index (χ1) is 15.2. The molecule has 0 bridgehead atoms. The number of nitrogens with zero attached hydrogens (tertiary/aromatic N) is 2. The molecule has 0 aromatic heterocycles. The maximum absolute atomic E-state index is 13.5. The van der Waals surface area contributed by atoms with Crippen molar-refractivity contribution in [2.75, 3.05) is 60.7 Å². The lowest BCUT2D eigenvalue weighted by molar-refractivity contribution is -0.0547. The number of hydrogen-bond acceptors (Lipinski definition) is 7. The number of ether oxygens (including phenoxy) is 4.